The van der Waals surface area contributed by atoms with E-state index in [0.29, 0.717) is 13.2 Å². The van der Waals surface area contributed by atoms with E-state index in [-0.39, 0.29) is 12.4 Å². The summed E-state index contributed by atoms with van der Waals surface area (Å²) in [6.07, 6.45) is 8.00. The smallest absolute Gasteiger partial charge is 0.161 e. The highest BCUT2D eigenvalue weighted by molar-refractivity contribution is 7.09. The molecule has 0 saturated carbocycles. The van der Waals surface area contributed by atoms with Gasteiger partial charge in [-0.15, -0.1) is 23.7 Å². The van der Waals surface area contributed by atoms with Gasteiger partial charge in [0, 0.05) is 11.4 Å². The quantitative estimate of drug-likeness (QED) is 0.355. The number of unbranched alkanes of at least 4 members (excludes halogenated alkanes) is 5. The SMILES string of the molecule is CCCCCCCCNCc1ccc(OCc2cccs2)c(OCC)c1.Cl. The summed E-state index contributed by atoms with van der Waals surface area (Å²) < 4.78 is 11.7. The van der Waals surface area contributed by atoms with Crippen LogP contribution in [0.25, 0.3) is 0 Å². The molecule has 1 aromatic carbocycles. The molecular weight excluding hydrogens is 378 g/mol. The molecule has 5 heteroatoms. The van der Waals surface area contributed by atoms with Crippen LogP contribution in [0.1, 0.15) is 62.8 Å². The summed E-state index contributed by atoms with van der Waals surface area (Å²) in [6, 6.07) is 10.4. The molecule has 0 aliphatic rings. The molecule has 0 saturated heterocycles. The molecule has 0 amide bonds. The lowest BCUT2D eigenvalue weighted by Crippen LogP contribution is -2.14. The van der Waals surface area contributed by atoms with Crippen LogP contribution in [-0.4, -0.2) is 13.2 Å². The molecule has 1 N–H and O–H groups in total. The van der Waals surface area contributed by atoms with Crippen molar-refractivity contribution in [3.8, 4) is 11.5 Å². The van der Waals surface area contributed by atoms with E-state index in [9.17, 15) is 0 Å². The van der Waals surface area contributed by atoms with Crippen LogP contribution in [0.2, 0.25) is 0 Å². The van der Waals surface area contributed by atoms with Gasteiger partial charge in [-0.1, -0.05) is 51.2 Å². The summed E-state index contributed by atoms with van der Waals surface area (Å²) >= 11 is 1.71. The van der Waals surface area contributed by atoms with E-state index in [1.165, 1.54) is 49.0 Å². The standard InChI is InChI=1S/C22H33NO2S.ClH/c1-3-5-6-7-8-9-14-23-17-19-12-13-21(22(16-19)24-4-2)25-18-20-11-10-15-26-20;/h10-13,15-16,23H,3-9,14,17-18H2,1-2H3;1H. The van der Waals surface area contributed by atoms with Crippen LogP contribution >= 0.6 is 23.7 Å². The van der Waals surface area contributed by atoms with Gasteiger partial charge in [-0.3, -0.25) is 0 Å². The number of hydrogen-bond donors (Lipinski definition) is 1. The first kappa shape index (κ1) is 23.8. The molecule has 27 heavy (non-hydrogen) atoms. The number of ether oxygens (including phenoxy) is 2. The van der Waals surface area contributed by atoms with Crippen LogP contribution in [0.4, 0.5) is 0 Å². The highest BCUT2D eigenvalue weighted by Crippen LogP contribution is 2.29. The summed E-state index contributed by atoms with van der Waals surface area (Å²) in [5.41, 5.74) is 1.24. The second kappa shape index (κ2) is 14.8. The number of hydrogen-bond acceptors (Lipinski definition) is 4. The van der Waals surface area contributed by atoms with Crippen molar-refractivity contribution in [3.63, 3.8) is 0 Å². The van der Waals surface area contributed by atoms with E-state index in [0.717, 1.165) is 24.6 Å². The third kappa shape index (κ3) is 9.50. The van der Waals surface area contributed by atoms with Gasteiger partial charge in [-0.05, 0) is 49.0 Å². The van der Waals surface area contributed by atoms with E-state index >= 15 is 0 Å². The van der Waals surface area contributed by atoms with Crippen LogP contribution in [0.5, 0.6) is 11.5 Å². The minimum atomic E-state index is 0. The first-order chi connectivity index (χ1) is 12.8. The van der Waals surface area contributed by atoms with Gasteiger partial charge in [0.15, 0.2) is 11.5 Å². The first-order valence-corrected chi connectivity index (χ1v) is 10.8. The van der Waals surface area contributed by atoms with Crippen LogP contribution in [0.15, 0.2) is 35.7 Å². The molecule has 0 spiro atoms. The van der Waals surface area contributed by atoms with E-state index in [1.54, 1.807) is 11.3 Å². The minimum Gasteiger partial charge on any atom is -0.490 e. The van der Waals surface area contributed by atoms with Crippen LogP contribution in [0, 0.1) is 0 Å². The van der Waals surface area contributed by atoms with Crippen LogP contribution in [-0.2, 0) is 13.2 Å². The largest absolute Gasteiger partial charge is 0.490 e. The van der Waals surface area contributed by atoms with Crippen LogP contribution in [0.3, 0.4) is 0 Å². The maximum absolute atomic E-state index is 5.94. The van der Waals surface area contributed by atoms with Crippen molar-refractivity contribution in [2.24, 2.45) is 0 Å². The molecule has 0 atom stereocenters. The van der Waals surface area contributed by atoms with Gasteiger partial charge in [-0.25, -0.2) is 0 Å². The number of benzene rings is 1. The summed E-state index contributed by atoms with van der Waals surface area (Å²) in [7, 11) is 0. The number of rotatable bonds is 14. The van der Waals surface area contributed by atoms with E-state index < -0.39 is 0 Å². The zero-order valence-electron chi connectivity index (χ0n) is 16.7. The predicted molar refractivity (Wildman–Crippen MR) is 119 cm³/mol. The van der Waals surface area contributed by atoms with Gasteiger partial charge in [0.25, 0.3) is 0 Å². The van der Waals surface area contributed by atoms with Gasteiger partial charge in [-0.2, -0.15) is 0 Å². The molecule has 1 heterocycles. The van der Waals surface area contributed by atoms with Crippen molar-refractivity contribution >= 4 is 23.7 Å². The summed E-state index contributed by atoms with van der Waals surface area (Å²) in [5.74, 6) is 1.66. The first-order valence-electron chi connectivity index (χ1n) is 9.95. The Balaban J connectivity index is 0.00000364. The van der Waals surface area contributed by atoms with E-state index in [2.05, 4.69) is 35.8 Å². The highest BCUT2D eigenvalue weighted by Gasteiger charge is 2.07. The monoisotopic (exact) mass is 411 g/mol. The normalized spacial score (nSPS) is 10.4. The van der Waals surface area contributed by atoms with E-state index in [1.807, 2.05) is 19.1 Å². The lowest BCUT2D eigenvalue weighted by molar-refractivity contribution is 0.271. The Morgan fingerprint density at radius 1 is 0.926 bits per heavy atom. The Labute approximate surface area is 174 Å². The van der Waals surface area contributed by atoms with Gasteiger partial charge in [0.05, 0.1) is 6.61 Å². The molecule has 0 radical (unpaired) electrons. The van der Waals surface area contributed by atoms with Crippen molar-refractivity contribution in [2.45, 2.75) is 65.5 Å². The van der Waals surface area contributed by atoms with E-state index in [4.69, 9.17) is 9.47 Å². The van der Waals surface area contributed by atoms with Gasteiger partial charge >= 0.3 is 0 Å². The van der Waals surface area contributed by atoms with Gasteiger partial charge in [0.1, 0.15) is 6.61 Å². The number of halogens is 1. The lowest BCUT2D eigenvalue weighted by Gasteiger charge is -2.13. The molecule has 152 valence electrons. The molecule has 2 aromatic rings. The maximum atomic E-state index is 5.94. The highest BCUT2D eigenvalue weighted by atomic mass is 35.5. The minimum absolute atomic E-state index is 0. The Kier molecular flexibility index (Phi) is 13.0. The molecule has 0 aliphatic heterocycles. The fourth-order valence-corrected chi connectivity index (χ4v) is 3.47. The fourth-order valence-electron chi connectivity index (χ4n) is 2.86. The topological polar surface area (TPSA) is 30.5 Å². The van der Waals surface area contributed by atoms with Crippen molar-refractivity contribution in [1.82, 2.24) is 5.32 Å². The van der Waals surface area contributed by atoms with Crippen molar-refractivity contribution in [1.29, 1.82) is 0 Å². The Bertz CT molecular complexity index is 604. The molecule has 2 rings (SSSR count). The molecule has 0 bridgehead atoms. The van der Waals surface area contributed by atoms with Crippen LogP contribution < -0.4 is 14.8 Å². The Morgan fingerprint density at radius 3 is 2.48 bits per heavy atom. The fraction of sp³-hybridized carbons (Fsp3) is 0.545. The third-order valence-corrected chi connectivity index (χ3v) is 5.14. The number of nitrogens with one attached hydrogen (secondary N) is 1. The molecule has 0 unspecified atom stereocenters. The predicted octanol–water partition coefficient (Wildman–Crippen LogP) is 6.60. The summed E-state index contributed by atoms with van der Waals surface area (Å²) in [5, 5.41) is 5.61. The summed E-state index contributed by atoms with van der Waals surface area (Å²) in [4.78, 5) is 1.22. The Morgan fingerprint density at radius 2 is 1.74 bits per heavy atom. The molecule has 0 aliphatic carbocycles. The number of thiophene rings is 1. The molecule has 1 aromatic heterocycles. The van der Waals surface area contributed by atoms with Crippen molar-refractivity contribution in [2.75, 3.05) is 13.2 Å². The maximum Gasteiger partial charge on any atom is 0.161 e. The average molecular weight is 412 g/mol. The molecular formula is C22H34ClNO2S. The second-order valence-electron chi connectivity index (χ2n) is 6.53. The zero-order valence-corrected chi connectivity index (χ0v) is 18.3. The molecule has 0 fully saturated rings. The zero-order chi connectivity index (χ0) is 18.5. The van der Waals surface area contributed by atoms with Gasteiger partial charge in [0.2, 0.25) is 0 Å². The summed E-state index contributed by atoms with van der Waals surface area (Å²) in [6.45, 7) is 7.45. The van der Waals surface area contributed by atoms with Crippen molar-refractivity contribution < 1.29 is 9.47 Å². The van der Waals surface area contributed by atoms with Gasteiger partial charge < -0.3 is 14.8 Å². The second-order valence-corrected chi connectivity index (χ2v) is 7.56. The molecule has 3 nitrogen and oxygen atoms in total. The average Bonchev–Trinajstić information content (AvgIpc) is 3.17. The van der Waals surface area contributed by atoms with Crippen molar-refractivity contribution in [3.05, 3.63) is 46.2 Å². The third-order valence-electron chi connectivity index (χ3n) is 4.29. The Hall–Kier alpha value is -1.23. The lowest BCUT2D eigenvalue weighted by atomic mass is 10.1.